The molecule has 1 rings (SSSR count). The number of benzene rings is 1. The number of methoxy groups -OCH3 is 2. The maximum Gasteiger partial charge on any atom is 0.271 e. The van der Waals surface area contributed by atoms with Crippen molar-refractivity contribution >= 4 is 0 Å². The van der Waals surface area contributed by atoms with E-state index >= 15 is 0 Å². The lowest BCUT2D eigenvalue weighted by Gasteiger charge is -2.12. The van der Waals surface area contributed by atoms with Crippen LogP contribution in [-0.4, -0.2) is 14.2 Å². The second kappa shape index (κ2) is 4.21. The summed E-state index contributed by atoms with van der Waals surface area (Å²) >= 11 is 0. The molecule has 0 amide bonds. The molecule has 1 aromatic carbocycles. The van der Waals surface area contributed by atoms with Gasteiger partial charge in [-0.05, 0) is 0 Å². The number of ether oxygens (including phenoxy) is 2. The Morgan fingerprint density at radius 1 is 1.07 bits per heavy atom. The first-order valence-corrected chi connectivity index (χ1v) is 3.79. The van der Waals surface area contributed by atoms with Crippen molar-refractivity contribution in [1.82, 2.24) is 0 Å². The molecule has 0 saturated heterocycles. The maximum atomic E-state index is 12.8. The zero-order chi connectivity index (χ0) is 10.7. The Morgan fingerprint density at radius 2 is 1.50 bits per heavy atom. The van der Waals surface area contributed by atoms with E-state index in [0.29, 0.717) is 0 Å². The molecule has 0 aliphatic heterocycles. The summed E-state index contributed by atoms with van der Waals surface area (Å²) < 4.78 is 47.1. The number of hydrogen-bond acceptors (Lipinski definition) is 2. The van der Waals surface area contributed by atoms with Crippen molar-refractivity contribution < 1.29 is 22.6 Å². The van der Waals surface area contributed by atoms with Crippen LogP contribution in [0.25, 0.3) is 0 Å². The lowest BCUT2D eigenvalue weighted by atomic mass is 10.2. The van der Waals surface area contributed by atoms with Crippen LogP contribution in [0.15, 0.2) is 12.1 Å². The first kappa shape index (κ1) is 10.7. The zero-order valence-electron chi connectivity index (χ0n) is 7.68. The Bertz CT molecular complexity index is 301. The minimum absolute atomic E-state index is 0.211. The molecule has 1 aromatic rings. The summed E-state index contributed by atoms with van der Waals surface area (Å²) in [5.74, 6) is -1.10. The van der Waals surface area contributed by atoms with Crippen molar-refractivity contribution in [3.8, 4) is 11.5 Å². The van der Waals surface area contributed by atoms with Crippen molar-refractivity contribution in [3.05, 3.63) is 23.5 Å². The average molecular weight is 206 g/mol. The van der Waals surface area contributed by atoms with E-state index < -0.39 is 17.8 Å². The first-order valence-electron chi connectivity index (χ1n) is 3.79. The highest BCUT2D eigenvalue weighted by Crippen LogP contribution is 2.37. The summed E-state index contributed by atoms with van der Waals surface area (Å²) in [6.07, 6.45) is -2.76. The van der Waals surface area contributed by atoms with Gasteiger partial charge in [0.2, 0.25) is 0 Å². The molecule has 0 aliphatic carbocycles. The summed E-state index contributed by atoms with van der Waals surface area (Å²) in [6.45, 7) is 0. The van der Waals surface area contributed by atoms with E-state index in [2.05, 4.69) is 9.47 Å². The molecule has 0 saturated carbocycles. The highest BCUT2D eigenvalue weighted by atomic mass is 19.3. The zero-order valence-corrected chi connectivity index (χ0v) is 7.68. The van der Waals surface area contributed by atoms with E-state index in [-0.39, 0.29) is 11.5 Å². The number of halogens is 3. The van der Waals surface area contributed by atoms with Crippen molar-refractivity contribution in [3.63, 3.8) is 0 Å². The predicted molar refractivity (Wildman–Crippen MR) is 44.5 cm³/mol. The third kappa shape index (κ3) is 1.92. The van der Waals surface area contributed by atoms with Gasteiger partial charge in [0.05, 0.1) is 14.2 Å². The molecular formula is C9H9F3O2. The van der Waals surface area contributed by atoms with E-state index in [1.165, 1.54) is 14.2 Å². The van der Waals surface area contributed by atoms with Crippen LogP contribution < -0.4 is 9.47 Å². The van der Waals surface area contributed by atoms with E-state index in [1.54, 1.807) is 0 Å². The summed E-state index contributed by atoms with van der Waals surface area (Å²) in [7, 11) is 2.39. The largest absolute Gasteiger partial charge is 0.496 e. The van der Waals surface area contributed by atoms with Crippen molar-refractivity contribution in [2.24, 2.45) is 0 Å². The van der Waals surface area contributed by atoms with E-state index in [9.17, 15) is 13.2 Å². The Labute approximate surface area is 79.2 Å². The fraction of sp³-hybridized carbons (Fsp3) is 0.333. The lowest BCUT2D eigenvalue weighted by molar-refractivity contribution is 0.142. The molecule has 0 radical (unpaired) electrons. The fourth-order valence-electron chi connectivity index (χ4n) is 1.12. The fourth-order valence-corrected chi connectivity index (χ4v) is 1.12. The Morgan fingerprint density at radius 3 is 1.79 bits per heavy atom. The topological polar surface area (TPSA) is 18.5 Å². The summed E-state index contributed by atoms with van der Waals surface area (Å²) in [5.41, 5.74) is -0.434. The molecule has 0 N–H and O–H groups in total. The first-order chi connectivity index (χ1) is 6.60. The molecule has 14 heavy (non-hydrogen) atoms. The molecule has 0 unspecified atom stereocenters. The molecular weight excluding hydrogens is 197 g/mol. The molecule has 2 nitrogen and oxygen atoms in total. The van der Waals surface area contributed by atoms with Gasteiger partial charge in [-0.1, -0.05) is 0 Å². The highest BCUT2D eigenvalue weighted by molar-refractivity contribution is 5.46. The lowest BCUT2D eigenvalue weighted by Crippen LogP contribution is -1.98. The molecule has 0 bridgehead atoms. The Kier molecular flexibility index (Phi) is 3.22. The van der Waals surface area contributed by atoms with Crippen LogP contribution >= 0.6 is 0 Å². The van der Waals surface area contributed by atoms with Crippen molar-refractivity contribution in [1.29, 1.82) is 0 Å². The molecule has 0 heterocycles. The van der Waals surface area contributed by atoms with Crippen LogP contribution in [0.5, 0.6) is 11.5 Å². The Balaban J connectivity index is 3.33. The quantitative estimate of drug-likeness (QED) is 0.757. The molecule has 0 spiro atoms. The molecule has 0 aromatic heterocycles. The highest BCUT2D eigenvalue weighted by Gasteiger charge is 2.20. The van der Waals surface area contributed by atoms with Crippen LogP contribution in [0.2, 0.25) is 0 Å². The van der Waals surface area contributed by atoms with Gasteiger partial charge < -0.3 is 9.47 Å². The molecule has 0 atom stereocenters. The minimum atomic E-state index is -2.76. The molecule has 0 aliphatic rings. The smallest absolute Gasteiger partial charge is 0.271 e. The van der Waals surface area contributed by atoms with Crippen LogP contribution in [0.3, 0.4) is 0 Å². The van der Waals surface area contributed by atoms with Gasteiger partial charge in [0.25, 0.3) is 6.43 Å². The van der Waals surface area contributed by atoms with Crippen LogP contribution in [-0.2, 0) is 0 Å². The summed E-state index contributed by atoms with van der Waals surface area (Å²) in [5, 5.41) is 0. The third-order valence-corrected chi connectivity index (χ3v) is 1.73. The monoisotopic (exact) mass is 206 g/mol. The van der Waals surface area contributed by atoms with E-state index in [1.807, 2.05) is 0 Å². The van der Waals surface area contributed by atoms with Gasteiger partial charge in [-0.25, -0.2) is 13.2 Å². The Hall–Kier alpha value is -1.39. The second-order valence-corrected chi connectivity index (χ2v) is 2.52. The van der Waals surface area contributed by atoms with Gasteiger partial charge in [-0.3, -0.25) is 0 Å². The van der Waals surface area contributed by atoms with Crippen LogP contribution in [0.4, 0.5) is 13.2 Å². The van der Waals surface area contributed by atoms with E-state index in [0.717, 1.165) is 12.1 Å². The van der Waals surface area contributed by atoms with Crippen LogP contribution in [0.1, 0.15) is 12.0 Å². The predicted octanol–water partition coefficient (Wildman–Crippen LogP) is 2.78. The maximum absolute atomic E-state index is 12.8. The normalized spacial score (nSPS) is 10.4. The standard InChI is InChI=1S/C9H9F3O2/c1-13-6-3-5(10)4-7(14-2)8(6)9(11)12/h3-4,9H,1-2H3. The average Bonchev–Trinajstić information content (AvgIpc) is 2.15. The van der Waals surface area contributed by atoms with Gasteiger partial charge in [-0.15, -0.1) is 0 Å². The summed E-state index contributed by atoms with van der Waals surface area (Å²) in [6, 6.07) is 1.79. The minimum Gasteiger partial charge on any atom is -0.496 e. The van der Waals surface area contributed by atoms with Gasteiger partial charge >= 0.3 is 0 Å². The number of rotatable bonds is 3. The number of alkyl halides is 2. The second-order valence-electron chi connectivity index (χ2n) is 2.52. The molecule has 78 valence electrons. The van der Waals surface area contributed by atoms with Gasteiger partial charge in [-0.2, -0.15) is 0 Å². The third-order valence-electron chi connectivity index (χ3n) is 1.73. The van der Waals surface area contributed by atoms with Gasteiger partial charge in [0, 0.05) is 12.1 Å². The van der Waals surface area contributed by atoms with E-state index in [4.69, 9.17) is 0 Å². The van der Waals surface area contributed by atoms with Crippen molar-refractivity contribution in [2.45, 2.75) is 6.43 Å². The van der Waals surface area contributed by atoms with Crippen molar-refractivity contribution in [2.75, 3.05) is 14.2 Å². The molecule has 5 heteroatoms. The molecule has 0 fully saturated rings. The van der Waals surface area contributed by atoms with Crippen LogP contribution in [0, 0.1) is 5.82 Å². The SMILES string of the molecule is COc1cc(F)cc(OC)c1C(F)F. The van der Waals surface area contributed by atoms with Gasteiger partial charge in [0.1, 0.15) is 22.9 Å². The van der Waals surface area contributed by atoms with Gasteiger partial charge in [0.15, 0.2) is 0 Å². The summed E-state index contributed by atoms with van der Waals surface area (Å²) in [4.78, 5) is 0. The number of hydrogen-bond donors (Lipinski definition) is 0.